The maximum atomic E-state index is 9.36. The minimum Gasteiger partial charge on any atom is -0.508 e. The third-order valence-corrected chi connectivity index (χ3v) is 2.73. The molecule has 0 spiro atoms. The van der Waals surface area contributed by atoms with Crippen LogP contribution in [0.3, 0.4) is 0 Å². The van der Waals surface area contributed by atoms with Gasteiger partial charge in [-0.05, 0) is 42.3 Å². The summed E-state index contributed by atoms with van der Waals surface area (Å²) < 4.78 is 0. The van der Waals surface area contributed by atoms with Crippen molar-refractivity contribution >= 4 is 0 Å². The van der Waals surface area contributed by atoms with E-state index >= 15 is 0 Å². The Labute approximate surface area is 101 Å². The molecule has 17 heavy (non-hydrogen) atoms. The molecule has 88 valence electrons. The lowest BCUT2D eigenvalue weighted by Gasteiger charge is -2.14. The molecule has 2 aromatic rings. The van der Waals surface area contributed by atoms with E-state index in [4.69, 9.17) is 0 Å². The Morgan fingerprint density at radius 3 is 2.71 bits per heavy atom. The highest BCUT2D eigenvalue weighted by atomic mass is 16.3. The van der Waals surface area contributed by atoms with Gasteiger partial charge in [0.15, 0.2) is 0 Å². The van der Waals surface area contributed by atoms with Crippen molar-refractivity contribution in [2.45, 2.75) is 19.5 Å². The van der Waals surface area contributed by atoms with Crippen LogP contribution in [0.5, 0.6) is 5.75 Å². The lowest BCUT2D eigenvalue weighted by atomic mass is 10.1. The van der Waals surface area contributed by atoms with Gasteiger partial charge in [0.2, 0.25) is 0 Å². The molecular formula is C14H16N2O. The molecule has 0 bridgehead atoms. The molecule has 3 nitrogen and oxygen atoms in total. The van der Waals surface area contributed by atoms with Gasteiger partial charge in [-0.2, -0.15) is 0 Å². The van der Waals surface area contributed by atoms with Gasteiger partial charge in [-0.25, -0.2) is 0 Å². The van der Waals surface area contributed by atoms with Crippen LogP contribution in [0.2, 0.25) is 0 Å². The maximum absolute atomic E-state index is 9.36. The van der Waals surface area contributed by atoms with Crippen LogP contribution < -0.4 is 5.32 Å². The van der Waals surface area contributed by atoms with Gasteiger partial charge >= 0.3 is 0 Å². The van der Waals surface area contributed by atoms with Gasteiger partial charge in [0.25, 0.3) is 0 Å². The van der Waals surface area contributed by atoms with Crippen LogP contribution in [0.15, 0.2) is 48.8 Å². The van der Waals surface area contributed by atoms with Crippen molar-refractivity contribution in [1.29, 1.82) is 0 Å². The van der Waals surface area contributed by atoms with Gasteiger partial charge in [-0.3, -0.25) is 4.98 Å². The van der Waals surface area contributed by atoms with Crippen molar-refractivity contribution in [3.63, 3.8) is 0 Å². The molecule has 1 heterocycles. The first-order chi connectivity index (χ1) is 8.25. The third kappa shape index (κ3) is 3.29. The number of pyridine rings is 1. The number of nitrogens with zero attached hydrogens (tertiary/aromatic N) is 1. The molecule has 0 amide bonds. The molecule has 3 heteroatoms. The van der Waals surface area contributed by atoms with Crippen molar-refractivity contribution in [1.82, 2.24) is 10.3 Å². The molecule has 2 N–H and O–H groups in total. The number of aromatic nitrogens is 1. The average molecular weight is 228 g/mol. The zero-order chi connectivity index (χ0) is 12.1. The summed E-state index contributed by atoms with van der Waals surface area (Å²) in [6, 6.07) is 11.6. The van der Waals surface area contributed by atoms with Crippen molar-refractivity contribution < 1.29 is 5.11 Å². The Morgan fingerprint density at radius 1 is 1.24 bits per heavy atom. The minimum atomic E-state index is 0.264. The average Bonchev–Trinajstić information content (AvgIpc) is 2.37. The fourth-order valence-electron chi connectivity index (χ4n) is 1.71. The van der Waals surface area contributed by atoms with E-state index in [1.54, 1.807) is 24.5 Å². The van der Waals surface area contributed by atoms with E-state index in [9.17, 15) is 5.11 Å². The zero-order valence-electron chi connectivity index (χ0n) is 9.80. The lowest BCUT2D eigenvalue weighted by Crippen LogP contribution is -2.17. The molecule has 0 saturated heterocycles. The Kier molecular flexibility index (Phi) is 3.73. The van der Waals surface area contributed by atoms with Crippen LogP contribution >= 0.6 is 0 Å². The first-order valence-electron chi connectivity index (χ1n) is 5.67. The van der Waals surface area contributed by atoms with E-state index in [0.717, 1.165) is 12.1 Å². The Morgan fingerprint density at radius 2 is 2.00 bits per heavy atom. The Bertz CT molecular complexity index is 471. The second kappa shape index (κ2) is 5.46. The summed E-state index contributed by atoms with van der Waals surface area (Å²) in [6.45, 7) is 2.84. The lowest BCUT2D eigenvalue weighted by molar-refractivity contribution is 0.473. The summed E-state index contributed by atoms with van der Waals surface area (Å²) in [6.07, 6.45) is 3.59. The predicted molar refractivity (Wildman–Crippen MR) is 67.6 cm³/mol. The molecule has 0 aliphatic heterocycles. The van der Waals surface area contributed by atoms with E-state index in [2.05, 4.69) is 17.2 Å². The molecule has 0 fully saturated rings. The molecule has 1 atom stereocenters. The number of nitrogens with one attached hydrogen (secondary N) is 1. The van der Waals surface area contributed by atoms with Crippen LogP contribution in [0.1, 0.15) is 24.1 Å². The molecule has 0 aliphatic rings. The van der Waals surface area contributed by atoms with Crippen LogP contribution in [0.25, 0.3) is 0 Å². The standard InChI is InChI=1S/C14H16N2O/c1-11(13-5-7-15-8-6-13)16-10-12-3-2-4-14(17)9-12/h2-9,11,16-17H,10H2,1H3. The summed E-state index contributed by atoms with van der Waals surface area (Å²) in [7, 11) is 0. The highest BCUT2D eigenvalue weighted by Crippen LogP contribution is 2.14. The summed E-state index contributed by atoms with van der Waals surface area (Å²) >= 11 is 0. The molecule has 1 aromatic carbocycles. The zero-order valence-corrected chi connectivity index (χ0v) is 9.80. The number of phenols is 1. The summed E-state index contributed by atoms with van der Waals surface area (Å²) in [4.78, 5) is 4.00. The number of hydrogen-bond acceptors (Lipinski definition) is 3. The van der Waals surface area contributed by atoms with Crippen LogP contribution in [-0.2, 0) is 6.54 Å². The van der Waals surface area contributed by atoms with Gasteiger partial charge in [-0.1, -0.05) is 12.1 Å². The van der Waals surface area contributed by atoms with Gasteiger partial charge in [0, 0.05) is 25.0 Å². The van der Waals surface area contributed by atoms with Gasteiger partial charge in [0.05, 0.1) is 0 Å². The van der Waals surface area contributed by atoms with Gasteiger partial charge in [0.1, 0.15) is 5.75 Å². The molecule has 2 rings (SSSR count). The minimum absolute atomic E-state index is 0.264. The SMILES string of the molecule is CC(NCc1cccc(O)c1)c1ccncc1. The molecule has 1 aromatic heterocycles. The largest absolute Gasteiger partial charge is 0.508 e. The molecule has 0 radical (unpaired) electrons. The Balaban J connectivity index is 1.95. The number of phenolic OH excluding ortho intramolecular Hbond substituents is 1. The van der Waals surface area contributed by atoms with E-state index in [-0.39, 0.29) is 6.04 Å². The number of rotatable bonds is 4. The van der Waals surface area contributed by atoms with Crippen molar-refractivity contribution in [3.05, 3.63) is 59.9 Å². The van der Waals surface area contributed by atoms with Crippen molar-refractivity contribution in [3.8, 4) is 5.75 Å². The fraction of sp³-hybridized carbons (Fsp3) is 0.214. The molecular weight excluding hydrogens is 212 g/mol. The topological polar surface area (TPSA) is 45.1 Å². The summed E-state index contributed by atoms with van der Waals surface area (Å²) in [5.41, 5.74) is 2.28. The van der Waals surface area contributed by atoms with E-state index in [0.29, 0.717) is 5.75 Å². The molecule has 0 saturated carbocycles. The normalized spacial score (nSPS) is 12.3. The van der Waals surface area contributed by atoms with E-state index in [1.807, 2.05) is 24.3 Å². The first-order valence-corrected chi connectivity index (χ1v) is 5.67. The van der Waals surface area contributed by atoms with Crippen LogP contribution in [-0.4, -0.2) is 10.1 Å². The number of hydrogen-bond donors (Lipinski definition) is 2. The monoisotopic (exact) mass is 228 g/mol. The quantitative estimate of drug-likeness (QED) is 0.845. The Hall–Kier alpha value is -1.87. The van der Waals surface area contributed by atoms with Gasteiger partial charge < -0.3 is 10.4 Å². The predicted octanol–water partition coefficient (Wildman–Crippen LogP) is 2.64. The second-order valence-electron chi connectivity index (χ2n) is 4.05. The first kappa shape index (κ1) is 11.6. The summed E-state index contributed by atoms with van der Waals surface area (Å²) in [5.74, 6) is 0.306. The maximum Gasteiger partial charge on any atom is 0.115 e. The smallest absolute Gasteiger partial charge is 0.115 e. The molecule has 0 aliphatic carbocycles. The van der Waals surface area contributed by atoms with Crippen LogP contribution in [0.4, 0.5) is 0 Å². The van der Waals surface area contributed by atoms with Crippen molar-refractivity contribution in [2.75, 3.05) is 0 Å². The van der Waals surface area contributed by atoms with Gasteiger partial charge in [-0.15, -0.1) is 0 Å². The fourth-order valence-corrected chi connectivity index (χ4v) is 1.71. The van der Waals surface area contributed by atoms with E-state index < -0.39 is 0 Å². The van der Waals surface area contributed by atoms with Crippen molar-refractivity contribution in [2.24, 2.45) is 0 Å². The third-order valence-electron chi connectivity index (χ3n) is 2.73. The second-order valence-corrected chi connectivity index (χ2v) is 4.05. The number of benzene rings is 1. The van der Waals surface area contributed by atoms with Crippen LogP contribution in [0, 0.1) is 0 Å². The highest BCUT2D eigenvalue weighted by molar-refractivity contribution is 5.27. The number of aromatic hydroxyl groups is 1. The highest BCUT2D eigenvalue weighted by Gasteiger charge is 2.04. The van der Waals surface area contributed by atoms with E-state index in [1.165, 1.54) is 5.56 Å². The molecule has 1 unspecified atom stereocenters. The summed E-state index contributed by atoms with van der Waals surface area (Å²) in [5, 5.41) is 12.8.